The first-order chi connectivity index (χ1) is 15.6. The molecule has 164 valence electrons. The van der Waals surface area contributed by atoms with Crippen molar-refractivity contribution in [1.82, 2.24) is 9.97 Å². The van der Waals surface area contributed by atoms with Crippen molar-refractivity contribution in [1.29, 1.82) is 0 Å². The summed E-state index contributed by atoms with van der Waals surface area (Å²) in [7, 11) is 0. The van der Waals surface area contributed by atoms with E-state index in [1.165, 1.54) is 11.3 Å². The largest absolute Gasteiger partial charge is 0.490 e. The molecule has 0 saturated carbocycles. The summed E-state index contributed by atoms with van der Waals surface area (Å²) in [6, 6.07) is 15.2. The molecular formula is C25H25N3O3S. The summed E-state index contributed by atoms with van der Waals surface area (Å²) in [6.07, 6.45) is 3.49. The molecule has 4 aromatic rings. The smallest absolute Gasteiger partial charge is 0.260 e. The maximum Gasteiger partial charge on any atom is 0.260 e. The van der Waals surface area contributed by atoms with E-state index >= 15 is 0 Å². The molecule has 2 aromatic heterocycles. The number of amides is 1. The highest BCUT2D eigenvalue weighted by molar-refractivity contribution is 7.22. The van der Waals surface area contributed by atoms with E-state index in [-0.39, 0.29) is 5.91 Å². The first-order valence-corrected chi connectivity index (χ1v) is 11.4. The average molecular weight is 448 g/mol. The van der Waals surface area contributed by atoms with Gasteiger partial charge in [-0.25, -0.2) is 4.98 Å². The molecule has 0 N–H and O–H groups in total. The Balaban J connectivity index is 1.76. The van der Waals surface area contributed by atoms with Crippen molar-refractivity contribution in [3.8, 4) is 11.5 Å². The SMILES string of the molecule is CCOc1ccc(C(=O)N(Cc2cccnc2)c2nc3c(C)cccc3s2)cc1OCC. The highest BCUT2D eigenvalue weighted by atomic mass is 32.1. The van der Waals surface area contributed by atoms with Crippen molar-refractivity contribution < 1.29 is 14.3 Å². The van der Waals surface area contributed by atoms with Crippen LogP contribution in [-0.4, -0.2) is 29.1 Å². The average Bonchev–Trinajstić information content (AvgIpc) is 3.25. The van der Waals surface area contributed by atoms with Crippen molar-refractivity contribution in [2.45, 2.75) is 27.3 Å². The Labute approximate surface area is 191 Å². The third kappa shape index (κ3) is 4.57. The fourth-order valence-electron chi connectivity index (χ4n) is 3.43. The van der Waals surface area contributed by atoms with Crippen LogP contribution in [0.5, 0.6) is 11.5 Å². The van der Waals surface area contributed by atoms with E-state index in [0.717, 1.165) is 21.3 Å². The van der Waals surface area contributed by atoms with Gasteiger partial charge in [0.1, 0.15) is 0 Å². The van der Waals surface area contributed by atoms with Gasteiger partial charge in [0, 0.05) is 18.0 Å². The van der Waals surface area contributed by atoms with Crippen molar-refractivity contribution in [3.63, 3.8) is 0 Å². The number of ether oxygens (including phenoxy) is 2. The van der Waals surface area contributed by atoms with Gasteiger partial charge in [-0.05, 0) is 62.2 Å². The van der Waals surface area contributed by atoms with Gasteiger partial charge in [0.2, 0.25) is 0 Å². The first kappa shape index (κ1) is 21.8. The molecule has 6 nitrogen and oxygen atoms in total. The molecule has 2 heterocycles. The van der Waals surface area contributed by atoms with Gasteiger partial charge < -0.3 is 9.47 Å². The highest BCUT2D eigenvalue weighted by Crippen LogP contribution is 2.34. The van der Waals surface area contributed by atoms with Crippen molar-refractivity contribution in [2.75, 3.05) is 18.1 Å². The van der Waals surface area contributed by atoms with Crippen molar-refractivity contribution >= 4 is 32.6 Å². The molecule has 4 rings (SSSR count). The fourth-order valence-corrected chi connectivity index (χ4v) is 4.47. The number of thiazole rings is 1. The highest BCUT2D eigenvalue weighted by Gasteiger charge is 2.23. The normalized spacial score (nSPS) is 10.8. The van der Waals surface area contributed by atoms with E-state index in [1.54, 1.807) is 35.5 Å². The number of anilines is 1. The van der Waals surface area contributed by atoms with E-state index in [1.807, 2.05) is 51.1 Å². The molecule has 0 aliphatic heterocycles. The monoisotopic (exact) mass is 447 g/mol. The Kier molecular flexibility index (Phi) is 6.66. The van der Waals surface area contributed by atoms with E-state index in [2.05, 4.69) is 4.98 Å². The number of carbonyl (C=O) groups excluding carboxylic acids is 1. The van der Waals surface area contributed by atoms with Gasteiger partial charge in [-0.3, -0.25) is 14.7 Å². The van der Waals surface area contributed by atoms with Gasteiger partial charge in [0.15, 0.2) is 16.6 Å². The van der Waals surface area contributed by atoms with Gasteiger partial charge in [-0.2, -0.15) is 0 Å². The summed E-state index contributed by atoms with van der Waals surface area (Å²) >= 11 is 1.51. The predicted octanol–water partition coefficient (Wildman–Crippen LogP) is 5.64. The summed E-state index contributed by atoms with van der Waals surface area (Å²) < 4.78 is 12.4. The second kappa shape index (κ2) is 9.78. The van der Waals surface area contributed by atoms with Gasteiger partial charge in [-0.1, -0.05) is 29.5 Å². The maximum absolute atomic E-state index is 13.7. The minimum absolute atomic E-state index is 0.158. The number of aromatic nitrogens is 2. The van der Waals surface area contributed by atoms with Crippen LogP contribution < -0.4 is 14.4 Å². The molecule has 0 aliphatic carbocycles. The van der Waals surface area contributed by atoms with E-state index in [4.69, 9.17) is 14.5 Å². The van der Waals surface area contributed by atoms with E-state index in [0.29, 0.717) is 42.0 Å². The second-order valence-electron chi connectivity index (χ2n) is 7.20. The van der Waals surface area contributed by atoms with Crippen LogP contribution in [0.3, 0.4) is 0 Å². The molecule has 0 aliphatic rings. The fraction of sp³-hybridized carbons (Fsp3) is 0.240. The van der Waals surface area contributed by atoms with Crippen LogP contribution in [0.25, 0.3) is 10.2 Å². The molecule has 32 heavy (non-hydrogen) atoms. The van der Waals surface area contributed by atoms with Crippen LogP contribution >= 0.6 is 11.3 Å². The number of carbonyl (C=O) groups is 1. The number of benzene rings is 2. The standard InChI is InChI=1S/C25H25N3O3S/c1-4-30-20-12-11-19(14-21(20)31-5-2)24(29)28(16-18-9-7-13-26-15-18)25-27-23-17(3)8-6-10-22(23)32-25/h6-15H,4-5,16H2,1-3H3. The number of nitrogens with zero attached hydrogens (tertiary/aromatic N) is 3. The van der Waals surface area contributed by atoms with Crippen LogP contribution in [0.15, 0.2) is 60.9 Å². The minimum Gasteiger partial charge on any atom is -0.490 e. The zero-order valence-electron chi connectivity index (χ0n) is 18.4. The van der Waals surface area contributed by atoms with E-state index in [9.17, 15) is 4.79 Å². The Morgan fingerprint density at radius 1 is 1.03 bits per heavy atom. The summed E-state index contributed by atoms with van der Waals surface area (Å²) in [6.45, 7) is 7.21. The predicted molar refractivity (Wildman–Crippen MR) is 128 cm³/mol. The Morgan fingerprint density at radius 2 is 1.84 bits per heavy atom. The Hall–Kier alpha value is -3.45. The molecule has 1 amide bonds. The molecule has 0 spiro atoms. The zero-order valence-corrected chi connectivity index (χ0v) is 19.2. The number of rotatable bonds is 8. The second-order valence-corrected chi connectivity index (χ2v) is 8.21. The summed E-state index contributed by atoms with van der Waals surface area (Å²) in [4.78, 5) is 24.4. The molecule has 0 radical (unpaired) electrons. The molecule has 2 aromatic carbocycles. The lowest BCUT2D eigenvalue weighted by atomic mass is 10.1. The van der Waals surface area contributed by atoms with Crippen molar-refractivity contribution in [3.05, 3.63) is 77.6 Å². The first-order valence-electron chi connectivity index (χ1n) is 10.6. The van der Waals surface area contributed by atoms with Crippen LogP contribution in [0, 0.1) is 6.92 Å². The van der Waals surface area contributed by atoms with Crippen LogP contribution in [0.1, 0.15) is 35.3 Å². The molecule has 0 bridgehead atoms. The minimum atomic E-state index is -0.158. The molecule has 0 saturated heterocycles. The maximum atomic E-state index is 13.7. The molecule has 0 atom stereocenters. The number of para-hydroxylation sites is 1. The number of aryl methyl sites for hydroxylation is 1. The number of pyridine rings is 1. The lowest BCUT2D eigenvalue weighted by Crippen LogP contribution is -2.30. The van der Waals surface area contributed by atoms with Crippen LogP contribution in [-0.2, 0) is 6.54 Å². The molecule has 7 heteroatoms. The quantitative estimate of drug-likeness (QED) is 0.349. The van der Waals surface area contributed by atoms with E-state index < -0.39 is 0 Å². The number of fused-ring (bicyclic) bond motifs is 1. The molecular weight excluding hydrogens is 422 g/mol. The van der Waals surface area contributed by atoms with Gasteiger partial charge in [0.25, 0.3) is 5.91 Å². The molecule has 0 fully saturated rings. The topological polar surface area (TPSA) is 64.5 Å². The summed E-state index contributed by atoms with van der Waals surface area (Å²) in [5.41, 5.74) is 3.43. The third-order valence-corrected chi connectivity index (χ3v) is 5.98. The van der Waals surface area contributed by atoms with Crippen molar-refractivity contribution in [2.24, 2.45) is 0 Å². The lowest BCUT2D eigenvalue weighted by molar-refractivity contribution is 0.0984. The third-order valence-electron chi connectivity index (χ3n) is 4.94. The Bertz CT molecular complexity index is 1220. The van der Waals surface area contributed by atoms with Gasteiger partial charge >= 0.3 is 0 Å². The number of hydrogen-bond acceptors (Lipinski definition) is 6. The van der Waals surface area contributed by atoms with Crippen LogP contribution in [0.4, 0.5) is 5.13 Å². The number of hydrogen-bond donors (Lipinski definition) is 0. The zero-order chi connectivity index (χ0) is 22.5. The van der Waals surface area contributed by atoms with Crippen LogP contribution in [0.2, 0.25) is 0 Å². The van der Waals surface area contributed by atoms with Gasteiger partial charge in [-0.15, -0.1) is 0 Å². The van der Waals surface area contributed by atoms with Gasteiger partial charge in [0.05, 0.1) is 30.0 Å². The summed E-state index contributed by atoms with van der Waals surface area (Å²) in [5, 5.41) is 0.648. The summed E-state index contributed by atoms with van der Waals surface area (Å²) in [5.74, 6) is 1.02. The lowest BCUT2D eigenvalue weighted by Gasteiger charge is -2.21. The molecule has 0 unspecified atom stereocenters. The Morgan fingerprint density at radius 3 is 2.56 bits per heavy atom.